The number of rotatable bonds is 3. The van der Waals surface area contributed by atoms with Gasteiger partial charge in [0.25, 0.3) is 0 Å². The summed E-state index contributed by atoms with van der Waals surface area (Å²) in [6.07, 6.45) is 4.65. The molecule has 94 valence electrons. The Kier molecular flexibility index (Phi) is 4.27. The van der Waals surface area contributed by atoms with Gasteiger partial charge in [-0.05, 0) is 42.9 Å². The van der Waals surface area contributed by atoms with Gasteiger partial charge in [0.15, 0.2) is 11.6 Å². The van der Waals surface area contributed by atoms with Crippen LogP contribution in [0.5, 0.6) is 5.75 Å². The fraction of sp³-hybridized carbons (Fsp3) is 0.571. The molecule has 17 heavy (non-hydrogen) atoms. The highest BCUT2D eigenvalue weighted by atomic mass is 35.5. The lowest BCUT2D eigenvalue weighted by atomic mass is 9.89. The van der Waals surface area contributed by atoms with Crippen LogP contribution in [0.25, 0.3) is 0 Å². The van der Waals surface area contributed by atoms with Crippen LogP contribution in [0.3, 0.4) is 0 Å². The minimum Gasteiger partial charge on any atom is -0.487 e. The van der Waals surface area contributed by atoms with Gasteiger partial charge < -0.3 is 4.74 Å². The first-order chi connectivity index (χ1) is 8.19. The Morgan fingerprint density at radius 2 is 2.24 bits per heavy atom. The van der Waals surface area contributed by atoms with Gasteiger partial charge in [0.05, 0.1) is 6.10 Å². The predicted octanol–water partition coefficient (Wildman–Crippen LogP) is 4.52. The Bertz CT molecular complexity index is 380. The average molecular weight is 257 g/mol. The second-order valence-corrected chi connectivity index (χ2v) is 5.18. The van der Waals surface area contributed by atoms with Crippen molar-refractivity contribution in [3.05, 3.63) is 29.6 Å². The Balaban J connectivity index is 2.02. The summed E-state index contributed by atoms with van der Waals surface area (Å²) in [5.74, 6) is 1.07. The normalized spacial score (nSPS) is 24.6. The van der Waals surface area contributed by atoms with Gasteiger partial charge in [-0.2, -0.15) is 0 Å². The first-order valence-electron chi connectivity index (χ1n) is 6.20. The molecule has 1 nitrogen and oxygen atoms in total. The van der Waals surface area contributed by atoms with Gasteiger partial charge in [0.2, 0.25) is 0 Å². The highest BCUT2D eigenvalue weighted by molar-refractivity contribution is 6.17. The first kappa shape index (κ1) is 12.7. The van der Waals surface area contributed by atoms with Crippen molar-refractivity contribution in [2.45, 2.75) is 44.6 Å². The number of ether oxygens (including phenoxy) is 1. The summed E-state index contributed by atoms with van der Waals surface area (Å²) in [6, 6.07) is 4.96. The zero-order valence-corrected chi connectivity index (χ0v) is 10.8. The molecule has 2 unspecified atom stereocenters. The van der Waals surface area contributed by atoms with Crippen LogP contribution in [0.1, 0.15) is 38.2 Å². The van der Waals surface area contributed by atoms with Crippen LogP contribution < -0.4 is 4.74 Å². The second kappa shape index (κ2) is 5.72. The van der Waals surface area contributed by atoms with E-state index in [2.05, 4.69) is 6.92 Å². The molecule has 1 aromatic rings. The van der Waals surface area contributed by atoms with E-state index in [9.17, 15) is 4.39 Å². The zero-order chi connectivity index (χ0) is 12.3. The molecule has 0 saturated heterocycles. The molecule has 2 rings (SSSR count). The molecule has 0 radical (unpaired) electrons. The lowest BCUT2D eigenvalue weighted by molar-refractivity contribution is 0.124. The maximum atomic E-state index is 13.7. The zero-order valence-electron chi connectivity index (χ0n) is 10.1. The molecule has 0 N–H and O–H groups in total. The molecular formula is C14H18ClFO. The molecule has 1 saturated carbocycles. The van der Waals surface area contributed by atoms with Crippen molar-refractivity contribution in [1.82, 2.24) is 0 Å². The Labute approximate surface area is 107 Å². The highest BCUT2D eigenvalue weighted by Crippen LogP contribution is 2.29. The van der Waals surface area contributed by atoms with E-state index >= 15 is 0 Å². The SMILES string of the molecule is CC1CCCC(Oc2ccc(CCl)cc2F)C1. The molecular weight excluding hydrogens is 239 g/mol. The average Bonchev–Trinajstić information content (AvgIpc) is 2.32. The topological polar surface area (TPSA) is 9.23 Å². The predicted molar refractivity (Wildman–Crippen MR) is 68.0 cm³/mol. The van der Waals surface area contributed by atoms with Crippen LogP contribution in [0, 0.1) is 11.7 Å². The lowest BCUT2D eigenvalue weighted by Crippen LogP contribution is -2.24. The molecule has 1 aromatic carbocycles. The molecule has 0 heterocycles. The summed E-state index contributed by atoms with van der Waals surface area (Å²) >= 11 is 5.65. The fourth-order valence-electron chi connectivity index (χ4n) is 2.39. The quantitative estimate of drug-likeness (QED) is 0.723. The van der Waals surface area contributed by atoms with Gasteiger partial charge >= 0.3 is 0 Å². The van der Waals surface area contributed by atoms with E-state index < -0.39 is 0 Å². The third-order valence-electron chi connectivity index (χ3n) is 3.33. The third-order valence-corrected chi connectivity index (χ3v) is 3.64. The number of halogens is 2. The molecule has 1 fully saturated rings. The van der Waals surface area contributed by atoms with Crippen LogP contribution in [-0.4, -0.2) is 6.10 Å². The minimum atomic E-state index is -0.304. The van der Waals surface area contributed by atoms with Crippen molar-refractivity contribution in [3.8, 4) is 5.75 Å². The highest BCUT2D eigenvalue weighted by Gasteiger charge is 2.21. The van der Waals surface area contributed by atoms with Crippen molar-refractivity contribution in [2.75, 3.05) is 0 Å². The van der Waals surface area contributed by atoms with Gasteiger partial charge in [-0.15, -0.1) is 11.6 Å². The summed E-state index contributed by atoms with van der Waals surface area (Å²) in [4.78, 5) is 0. The summed E-state index contributed by atoms with van der Waals surface area (Å²) in [5.41, 5.74) is 0.786. The van der Waals surface area contributed by atoms with E-state index in [1.54, 1.807) is 6.07 Å². The molecule has 0 aliphatic heterocycles. The van der Waals surface area contributed by atoms with Crippen LogP contribution >= 0.6 is 11.6 Å². The number of alkyl halides is 1. The first-order valence-corrected chi connectivity index (χ1v) is 6.73. The van der Waals surface area contributed by atoms with Crippen molar-refractivity contribution in [1.29, 1.82) is 0 Å². The summed E-state index contributed by atoms with van der Waals surface area (Å²) in [6.45, 7) is 2.22. The molecule has 1 aliphatic carbocycles. The molecule has 2 atom stereocenters. The van der Waals surface area contributed by atoms with Crippen molar-refractivity contribution in [2.24, 2.45) is 5.92 Å². The molecule has 3 heteroatoms. The van der Waals surface area contributed by atoms with Crippen molar-refractivity contribution >= 4 is 11.6 Å². The molecule has 1 aliphatic rings. The van der Waals surface area contributed by atoms with Gasteiger partial charge in [-0.3, -0.25) is 0 Å². The fourth-order valence-corrected chi connectivity index (χ4v) is 2.55. The molecule has 0 amide bonds. The van der Waals surface area contributed by atoms with E-state index in [0.717, 1.165) is 18.4 Å². The van der Waals surface area contributed by atoms with E-state index in [0.29, 0.717) is 17.5 Å². The summed E-state index contributed by atoms with van der Waals surface area (Å²) in [5, 5.41) is 0. The summed E-state index contributed by atoms with van der Waals surface area (Å²) in [7, 11) is 0. The lowest BCUT2D eigenvalue weighted by Gasteiger charge is -2.27. The second-order valence-electron chi connectivity index (χ2n) is 4.91. The van der Waals surface area contributed by atoms with E-state index in [-0.39, 0.29) is 11.9 Å². The molecule has 0 aromatic heterocycles. The number of hydrogen-bond donors (Lipinski definition) is 0. The molecule has 0 bridgehead atoms. The number of benzene rings is 1. The van der Waals surface area contributed by atoms with E-state index in [1.807, 2.05) is 6.07 Å². The van der Waals surface area contributed by atoms with E-state index in [4.69, 9.17) is 16.3 Å². The van der Waals surface area contributed by atoms with Crippen LogP contribution in [0.15, 0.2) is 18.2 Å². The van der Waals surface area contributed by atoms with Crippen LogP contribution in [0.4, 0.5) is 4.39 Å². The van der Waals surface area contributed by atoms with E-state index in [1.165, 1.54) is 18.9 Å². The maximum Gasteiger partial charge on any atom is 0.165 e. The summed E-state index contributed by atoms with van der Waals surface area (Å²) < 4.78 is 19.4. The van der Waals surface area contributed by atoms with Crippen molar-refractivity contribution < 1.29 is 9.13 Å². The Morgan fingerprint density at radius 1 is 1.41 bits per heavy atom. The standard InChI is InChI=1S/C14H18ClFO/c1-10-3-2-4-12(7-10)17-14-6-5-11(9-15)8-13(14)16/h5-6,8,10,12H,2-4,7,9H2,1H3. The number of hydrogen-bond acceptors (Lipinski definition) is 1. The maximum absolute atomic E-state index is 13.7. The smallest absolute Gasteiger partial charge is 0.165 e. The third kappa shape index (κ3) is 3.35. The Hall–Kier alpha value is -0.760. The minimum absolute atomic E-state index is 0.162. The van der Waals surface area contributed by atoms with Gasteiger partial charge in [0.1, 0.15) is 0 Å². The van der Waals surface area contributed by atoms with Gasteiger partial charge in [0, 0.05) is 5.88 Å². The van der Waals surface area contributed by atoms with Crippen molar-refractivity contribution in [3.63, 3.8) is 0 Å². The Morgan fingerprint density at radius 3 is 2.88 bits per heavy atom. The van der Waals surface area contributed by atoms with Gasteiger partial charge in [-0.25, -0.2) is 4.39 Å². The largest absolute Gasteiger partial charge is 0.487 e. The van der Waals surface area contributed by atoms with Crippen LogP contribution in [-0.2, 0) is 5.88 Å². The monoisotopic (exact) mass is 256 g/mol. The van der Waals surface area contributed by atoms with Crippen LogP contribution in [0.2, 0.25) is 0 Å². The van der Waals surface area contributed by atoms with Gasteiger partial charge in [-0.1, -0.05) is 19.4 Å². The molecule has 0 spiro atoms.